The first kappa shape index (κ1) is 15.4. The number of phenolic OH excluding ortho intramolecular Hbond substituents is 1. The van der Waals surface area contributed by atoms with E-state index < -0.39 is 17.6 Å². The van der Waals surface area contributed by atoms with Gasteiger partial charge in [0.1, 0.15) is 11.3 Å². The third kappa shape index (κ3) is 3.44. The summed E-state index contributed by atoms with van der Waals surface area (Å²) in [6, 6.07) is 5.65. The number of hydrogen-bond acceptors (Lipinski definition) is 5. The standard InChI is InChI=1S/C7H16N2O3.C6H4O/c1-3-5(10)4-7(2,9-8)6(11)12;7-6-3-4-1-2-5(4)6/h5,9-10H,3-4,8H2,1-2H3,(H,11,12);1-3,7H. The van der Waals surface area contributed by atoms with Crippen LogP contribution >= 0.6 is 0 Å². The Morgan fingerprint density at radius 3 is 2.32 bits per heavy atom. The van der Waals surface area contributed by atoms with E-state index in [9.17, 15) is 9.90 Å². The topological polar surface area (TPSA) is 116 Å². The van der Waals surface area contributed by atoms with Crippen molar-refractivity contribution in [3.63, 3.8) is 0 Å². The Kier molecular flexibility index (Phi) is 4.88. The van der Waals surface area contributed by atoms with Gasteiger partial charge in [-0.25, -0.2) is 5.43 Å². The van der Waals surface area contributed by atoms with Gasteiger partial charge in [-0.3, -0.25) is 10.6 Å². The molecule has 0 aliphatic heterocycles. The Balaban J connectivity index is 0.000000213. The van der Waals surface area contributed by atoms with Crippen molar-refractivity contribution in [2.75, 3.05) is 0 Å². The molecular weight excluding hydrogens is 248 g/mol. The molecule has 0 fully saturated rings. The number of rotatable bonds is 5. The SMILES string of the molecule is CCC(O)CC(C)(NN)C(=O)O.Oc1cc2ccc1=2. The Hall–Kier alpha value is -1.63. The summed E-state index contributed by atoms with van der Waals surface area (Å²) in [5.74, 6) is 4.45. The average molecular weight is 268 g/mol. The van der Waals surface area contributed by atoms with Crippen LogP contribution in [0.2, 0.25) is 0 Å². The van der Waals surface area contributed by atoms with E-state index in [4.69, 9.17) is 16.1 Å². The molecule has 19 heavy (non-hydrogen) atoms. The monoisotopic (exact) mass is 268 g/mol. The molecule has 2 unspecified atom stereocenters. The summed E-state index contributed by atoms with van der Waals surface area (Å²) in [7, 11) is 0. The number of aromatic hydroxyl groups is 1. The highest BCUT2D eigenvalue weighted by atomic mass is 16.4. The fourth-order valence-corrected chi connectivity index (χ4v) is 1.59. The minimum Gasteiger partial charge on any atom is -0.507 e. The van der Waals surface area contributed by atoms with Crippen LogP contribution in [0.4, 0.5) is 0 Å². The highest BCUT2D eigenvalue weighted by Crippen LogP contribution is 2.21. The fraction of sp³-hybridized carbons (Fsp3) is 0.462. The summed E-state index contributed by atoms with van der Waals surface area (Å²) in [6.07, 6.45) is -0.0120. The number of phenols is 1. The number of aliphatic hydroxyl groups excluding tert-OH is 1. The molecule has 6 N–H and O–H groups in total. The number of nitrogens with one attached hydrogen (secondary N) is 1. The minimum atomic E-state index is -1.24. The zero-order chi connectivity index (χ0) is 14.6. The second-order valence-corrected chi connectivity index (χ2v) is 4.78. The molecule has 0 saturated carbocycles. The van der Waals surface area contributed by atoms with Crippen molar-refractivity contribution in [2.24, 2.45) is 5.84 Å². The molecule has 106 valence electrons. The zero-order valence-electron chi connectivity index (χ0n) is 11.1. The first-order valence-electron chi connectivity index (χ1n) is 6.06. The molecule has 0 spiro atoms. The predicted octanol–water partition coefficient (Wildman–Crippen LogP) is 0.447. The molecule has 0 saturated heterocycles. The number of hydrazine groups is 1. The number of hydrogen-bond donors (Lipinski definition) is 5. The summed E-state index contributed by atoms with van der Waals surface area (Å²) in [4.78, 5) is 10.7. The molecule has 0 aromatic heterocycles. The first-order chi connectivity index (χ1) is 8.84. The smallest absolute Gasteiger partial charge is 0.325 e. The predicted molar refractivity (Wildman–Crippen MR) is 70.1 cm³/mol. The molecule has 0 heterocycles. The number of carbonyl (C=O) groups is 1. The third-order valence-corrected chi connectivity index (χ3v) is 3.21. The van der Waals surface area contributed by atoms with Crippen LogP contribution in [-0.4, -0.2) is 32.9 Å². The Labute approximate surface area is 111 Å². The van der Waals surface area contributed by atoms with E-state index >= 15 is 0 Å². The molecule has 6 heteroatoms. The number of carboxylic acids is 1. The van der Waals surface area contributed by atoms with Gasteiger partial charge in [-0.05, 0) is 24.6 Å². The van der Waals surface area contributed by atoms with Crippen LogP contribution < -0.4 is 11.3 Å². The van der Waals surface area contributed by atoms with Gasteiger partial charge in [0, 0.05) is 11.6 Å². The van der Waals surface area contributed by atoms with Crippen LogP contribution in [0.5, 0.6) is 5.75 Å². The maximum atomic E-state index is 10.7. The van der Waals surface area contributed by atoms with E-state index in [-0.39, 0.29) is 6.42 Å². The largest absolute Gasteiger partial charge is 0.507 e. The summed E-state index contributed by atoms with van der Waals surface area (Å²) in [6.45, 7) is 3.22. The lowest BCUT2D eigenvalue weighted by Gasteiger charge is -2.25. The lowest BCUT2D eigenvalue weighted by molar-refractivity contribution is -0.145. The van der Waals surface area contributed by atoms with E-state index in [1.165, 1.54) is 12.1 Å². The summed E-state index contributed by atoms with van der Waals surface area (Å²) >= 11 is 0. The van der Waals surface area contributed by atoms with Crippen molar-refractivity contribution in [2.45, 2.75) is 38.3 Å². The normalized spacial score (nSPS) is 15.8. The lowest BCUT2D eigenvalue weighted by Crippen LogP contribution is -2.54. The molecular formula is C13H20N2O4. The molecule has 0 amide bonds. The van der Waals surface area contributed by atoms with Crippen molar-refractivity contribution < 1.29 is 20.1 Å². The molecule has 2 aliphatic carbocycles. The number of benzene rings is 1. The fourth-order valence-electron chi connectivity index (χ4n) is 1.59. The van der Waals surface area contributed by atoms with Crippen molar-refractivity contribution in [1.82, 2.24) is 5.43 Å². The Morgan fingerprint density at radius 2 is 2.16 bits per heavy atom. The van der Waals surface area contributed by atoms with Crippen LogP contribution in [0.15, 0.2) is 18.2 Å². The van der Waals surface area contributed by atoms with Gasteiger partial charge in [-0.15, -0.1) is 0 Å². The quantitative estimate of drug-likeness (QED) is 0.397. The van der Waals surface area contributed by atoms with E-state index in [1.807, 2.05) is 12.1 Å². The number of carboxylic acid groups (broad SMARTS) is 1. The molecule has 2 aliphatic rings. The van der Waals surface area contributed by atoms with Crippen molar-refractivity contribution in [3.8, 4) is 5.75 Å². The van der Waals surface area contributed by atoms with E-state index in [0.29, 0.717) is 12.2 Å². The maximum Gasteiger partial charge on any atom is 0.325 e. The average Bonchev–Trinajstić information content (AvgIpc) is 2.35. The Morgan fingerprint density at radius 1 is 1.53 bits per heavy atom. The molecule has 0 aromatic carbocycles. The molecule has 0 bridgehead atoms. The van der Waals surface area contributed by atoms with Crippen molar-refractivity contribution in [3.05, 3.63) is 28.6 Å². The Bertz CT molecular complexity index is 546. The molecule has 0 aromatic rings. The van der Waals surface area contributed by atoms with Gasteiger partial charge >= 0.3 is 5.97 Å². The van der Waals surface area contributed by atoms with Gasteiger partial charge in [0.2, 0.25) is 0 Å². The van der Waals surface area contributed by atoms with Crippen LogP contribution in [0, 0.1) is 10.4 Å². The summed E-state index contributed by atoms with van der Waals surface area (Å²) < 4.78 is 0. The molecule has 2 atom stereocenters. The van der Waals surface area contributed by atoms with Gasteiger partial charge in [0.05, 0.1) is 6.10 Å². The number of nitrogens with two attached hydrogens (primary N) is 1. The van der Waals surface area contributed by atoms with Crippen molar-refractivity contribution in [1.29, 1.82) is 0 Å². The van der Waals surface area contributed by atoms with Gasteiger partial charge in [0.25, 0.3) is 0 Å². The van der Waals surface area contributed by atoms with Gasteiger partial charge in [0.15, 0.2) is 0 Å². The van der Waals surface area contributed by atoms with Crippen LogP contribution in [0.1, 0.15) is 26.7 Å². The maximum absolute atomic E-state index is 10.7. The summed E-state index contributed by atoms with van der Waals surface area (Å²) in [5.41, 5.74) is 0.943. The van der Waals surface area contributed by atoms with E-state index in [0.717, 1.165) is 5.22 Å². The zero-order valence-corrected chi connectivity index (χ0v) is 11.1. The molecule has 2 rings (SSSR count). The molecule has 6 nitrogen and oxygen atoms in total. The van der Waals surface area contributed by atoms with Gasteiger partial charge in [-0.1, -0.05) is 19.1 Å². The van der Waals surface area contributed by atoms with Crippen LogP contribution in [0.3, 0.4) is 0 Å². The highest BCUT2D eigenvalue weighted by molar-refractivity contribution is 5.78. The highest BCUT2D eigenvalue weighted by Gasteiger charge is 2.33. The van der Waals surface area contributed by atoms with Crippen LogP contribution in [0.25, 0.3) is 0 Å². The number of aliphatic carboxylic acids is 1. The van der Waals surface area contributed by atoms with Crippen molar-refractivity contribution >= 4 is 5.97 Å². The van der Waals surface area contributed by atoms with E-state index in [1.54, 1.807) is 13.0 Å². The second kappa shape index (κ2) is 6.01. The molecule has 0 radical (unpaired) electrons. The van der Waals surface area contributed by atoms with Crippen LogP contribution in [-0.2, 0) is 4.79 Å². The third-order valence-electron chi connectivity index (χ3n) is 3.21. The second-order valence-electron chi connectivity index (χ2n) is 4.78. The van der Waals surface area contributed by atoms with Gasteiger partial charge < -0.3 is 15.3 Å². The van der Waals surface area contributed by atoms with Gasteiger partial charge in [-0.2, -0.15) is 0 Å². The lowest BCUT2D eigenvalue weighted by atomic mass is 9.94. The van der Waals surface area contributed by atoms with E-state index in [2.05, 4.69) is 5.43 Å². The summed E-state index contributed by atoms with van der Waals surface area (Å²) in [5, 5.41) is 28.8. The first-order valence-corrected chi connectivity index (χ1v) is 6.06. The number of aliphatic hydroxyl groups is 1. The minimum absolute atomic E-state index is 0.106.